The SMILES string of the molecule is CCN(CC(C)(C)CN)C(=O)c1cc(C)ccc1[N+](=O)[O-]. The minimum atomic E-state index is -0.519. The van der Waals surface area contributed by atoms with Gasteiger partial charge in [0.2, 0.25) is 0 Å². The zero-order valence-corrected chi connectivity index (χ0v) is 13.0. The van der Waals surface area contributed by atoms with E-state index in [1.165, 1.54) is 6.07 Å². The molecule has 0 saturated carbocycles. The minimum absolute atomic E-state index is 0.134. The molecule has 0 aliphatic carbocycles. The molecule has 1 amide bonds. The minimum Gasteiger partial charge on any atom is -0.338 e. The van der Waals surface area contributed by atoms with Crippen LogP contribution in [-0.4, -0.2) is 35.4 Å². The molecule has 0 aromatic heterocycles. The van der Waals surface area contributed by atoms with Crippen LogP contribution < -0.4 is 5.73 Å². The van der Waals surface area contributed by atoms with Gasteiger partial charge in [-0.2, -0.15) is 0 Å². The molecule has 1 rings (SSSR count). The van der Waals surface area contributed by atoms with Crippen LogP contribution in [0, 0.1) is 22.5 Å². The summed E-state index contributed by atoms with van der Waals surface area (Å²) in [5.41, 5.74) is 6.27. The summed E-state index contributed by atoms with van der Waals surface area (Å²) in [7, 11) is 0. The summed E-state index contributed by atoms with van der Waals surface area (Å²) < 4.78 is 0. The summed E-state index contributed by atoms with van der Waals surface area (Å²) in [6.07, 6.45) is 0. The van der Waals surface area contributed by atoms with Crippen LogP contribution in [-0.2, 0) is 0 Å². The first-order valence-electron chi connectivity index (χ1n) is 6.96. The van der Waals surface area contributed by atoms with Gasteiger partial charge in [-0.15, -0.1) is 0 Å². The molecule has 21 heavy (non-hydrogen) atoms. The normalized spacial score (nSPS) is 11.3. The molecule has 0 heterocycles. The van der Waals surface area contributed by atoms with E-state index < -0.39 is 4.92 Å². The van der Waals surface area contributed by atoms with Gasteiger partial charge in [-0.1, -0.05) is 19.9 Å². The monoisotopic (exact) mass is 293 g/mol. The highest BCUT2D eigenvalue weighted by Crippen LogP contribution is 2.23. The van der Waals surface area contributed by atoms with Gasteiger partial charge in [-0.25, -0.2) is 0 Å². The molecule has 0 unspecified atom stereocenters. The first kappa shape index (κ1) is 17.1. The Bertz CT molecular complexity index is 541. The van der Waals surface area contributed by atoms with Crippen molar-refractivity contribution in [3.8, 4) is 0 Å². The summed E-state index contributed by atoms with van der Waals surface area (Å²) in [5, 5.41) is 11.1. The van der Waals surface area contributed by atoms with E-state index >= 15 is 0 Å². The molecule has 0 atom stereocenters. The Balaban J connectivity index is 3.16. The van der Waals surface area contributed by atoms with Gasteiger partial charge < -0.3 is 10.6 Å². The highest BCUT2D eigenvalue weighted by molar-refractivity contribution is 5.98. The molecule has 0 aliphatic heterocycles. The zero-order chi connectivity index (χ0) is 16.2. The van der Waals surface area contributed by atoms with Crippen LogP contribution in [0.4, 0.5) is 5.69 Å². The van der Waals surface area contributed by atoms with Crippen LogP contribution in [0.5, 0.6) is 0 Å². The van der Waals surface area contributed by atoms with Crippen LogP contribution in [0.25, 0.3) is 0 Å². The van der Waals surface area contributed by atoms with E-state index in [9.17, 15) is 14.9 Å². The lowest BCUT2D eigenvalue weighted by Gasteiger charge is -2.31. The second-order valence-corrected chi connectivity index (χ2v) is 5.97. The summed E-state index contributed by atoms with van der Waals surface area (Å²) in [6.45, 7) is 8.97. The van der Waals surface area contributed by atoms with Crippen molar-refractivity contribution in [1.29, 1.82) is 0 Å². The van der Waals surface area contributed by atoms with Crippen molar-refractivity contribution in [2.45, 2.75) is 27.7 Å². The van der Waals surface area contributed by atoms with Gasteiger partial charge in [0.15, 0.2) is 0 Å². The number of nitrogens with zero attached hydrogens (tertiary/aromatic N) is 2. The Morgan fingerprint density at radius 3 is 2.52 bits per heavy atom. The third kappa shape index (κ3) is 4.26. The van der Waals surface area contributed by atoms with Crippen LogP contribution in [0.15, 0.2) is 18.2 Å². The van der Waals surface area contributed by atoms with Crippen molar-refractivity contribution in [1.82, 2.24) is 4.90 Å². The van der Waals surface area contributed by atoms with Gasteiger partial charge in [-0.05, 0) is 37.4 Å². The molecule has 0 saturated heterocycles. The Morgan fingerprint density at radius 1 is 1.43 bits per heavy atom. The maximum Gasteiger partial charge on any atom is 0.282 e. The van der Waals surface area contributed by atoms with E-state index in [-0.39, 0.29) is 22.6 Å². The van der Waals surface area contributed by atoms with Crippen molar-refractivity contribution in [3.63, 3.8) is 0 Å². The standard InChI is InChI=1S/C15H23N3O3/c1-5-17(10-15(3,4)9-16)14(19)12-8-11(2)6-7-13(12)18(20)21/h6-8H,5,9-10,16H2,1-4H3. The Labute approximate surface area is 125 Å². The molecule has 1 aromatic carbocycles. The molecular formula is C15H23N3O3. The maximum atomic E-state index is 12.6. The third-order valence-electron chi connectivity index (χ3n) is 3.42. The number of hydrogen-bond acceptors (Lipinski definition) is 4. The molecule has 116 valence electrons. The third-order valence-corrected chi connectivity index (χ3v) is 3.42. The molecule has 0 radical (unpaired) electrons. The lowest BCUT2D eigenvalue weighted by Crippen LogP contribution is -2.42. The number of nitro groups is 1. The lowest BCUT2D eigenvalue weighted by molar-refractivity contribution is -0.385. The van der Waals surface area contributed by atoms with Crippen molar-refractivity contribution in [2.75, 3.05) is 19.6 Å². The van der Waals surface area contributed by atoms with Crippen molar-refractivity contribution in [2.24, 2.45) is 11.1 Å². The van der Waals surface area contributed by atoms with Crippen LogP contribution in [0.3, 0.4) is 0 Å². The Morgan fingerprint density at radius 2 is 2.05 bits per heavy atom. The van der Waals surface area contributed by atoms with E-state index in [0.717, 1.165) is 5.56 Å². The molecule has 0 bridgehead atoms. The smallest absolute Gasteiger partial charge is 0.282 e. The quantitative estimate of drug-likeness (QED) is 0.644. The second kappa shape index (κ2) is 6.67. The molecular weight excluding hydrogens is 270 g/mol. The fourth-order valence-electron chi connectivity index (χ4n) is 2.06. The maximum absolute atomic E-state index is 12.6. The number of carbonyl (C=O) groups is 1. The zero-order valence-electron chi connectivity index (χ0n) is 13.0. The number of carbonyl (C=O) groups excluding carboxylic acids is 1. The fraction of sp³-hybridized carbons (Fsp3) is 0.533. The molecule has 1 aromatic rings. The molecule has 6 heteroatoms. The highest BCUT2D eigenvalue weighted by atomic mass is 16.6. The lowest BCUT2D eigenvalue weighted by atomic mass is 9.92. The number of aryl methyl sites for hydroxylation is 1. The molecule has 0 spiro atoms. The van der Waals surface area contributed by atoms with Crippen molar-refractivity contribution < 1.29 is 9.72 Å². The van der Waals surface area contributed by atoms with E-state index in [0.29, 0.717) is 19.6 Å². The number of rotatable bonds is 6. The van der Waals surface area contributed by atoms with Crippen LogP contribution >= 0.6 is 0 Å². The second-order valence-electron chi connectivity index (χ2n) is 5.97. The Hall–Kier alpha value is -1.95. The van der Waals surface area contributed by atoms with Crippen LogP contribution in [0.1, 0.15) is 36.7 Å². The number of nitrogens with two attached hydrogens (primary N) is 1. The summed E-state index contributed by atoms with van der Waals surface area (Å²) in [6, 6.07) is 4.58. The van der Waals surface area contributed by atoms with E-state index in [1.54, 1.807) is 24.0 Å². The molecule has 6 nitrogen and oxygen atoms in total. The van der Waals surface area contributed by atoms with E-state index in [1.807, 2.05) is 20.8 Å². The van der Waals surface area contributed by atoms with Gasteiger partial charge in [0.25, 0.3) is 11.6 Å². The van der Waals surface area contributed by atoms with E-state index in [2.05, 4.69) is 0 Å². The number of nitro benzene ring substituents is 1. The number of benzene rings is 1. The van der Waals surface area contributed by atoms with Crippen LogP contribution in [0.2, 0.25) is 0 Å². The topological polar surface area (TPSA) is 89.5 Å². The summed E-state index contributed by atoms with van der Waals surface area (Å²) >= 11 is 0. The van der Waals surface area contributed by atoms with Crippen molar-refractivity contribution >= 4 is 11.6 Å². The van der Waals surface area contributed by atoms with Gasteiger partial charge in [0, 0.05) is 19.2 Å². The average Bonchev–Trinajstić information content (AvgIpc) is 2.43. The number of amides is 1. The predicted molar refractivity (Wildman–Crippen MR) is 82.2 cm³/mol. The summed E-state index contributed by atoms with van der Waals surface area (Å²) in [4.78, 5) is 24.8. The first-order chi connectivity index (χ1) is 9.71. The molecule has 0 aliphatic rings. The largest absolute Gasteiger partial charge is 0.338 e. The highest BCUT2D eigenvalue weighted by Gasteiger charge is 2.28. The predicted octanol–water partition coefficient (Wildman–Crippen LogP) is 2.35. The van der Waals surface area contributed by atoms with Crippen molar-refractivity contribution in [3.05, 3.63) is 39.4 Å². The first-order valence-corrected chi connectivity index (χ1v) is 6.96. The van der Waals surface area contributed by atoms with Gasteiger partial charge in [-0.3, -0.25) is 14.9 Å². The fourth-order valence-corrected chi connectivity index (χ4v) is 2.06. The van der Waals surface area contributed by atoms with E-state index in [4.69, 9.17) is 5.73 Å². The molecule has 0 fully saturated rings. The number of hydrogen-bond donors (Lipinski definition) is 1. The van der Waals surface area contributed by atoms with Gasteiger partial charge in [0.1, 0.15) is 5.56 Å². The summed E-state index contributed by atoms with van der Waals surface area (Å²) in [5.74, 6) is -0.325. The Kier molecular flexibility index (Phi) is 5.43. The average molecular weight is 293 g/mol. The van der Waals surface area contributed by atoms with Gasteiger partial charge in [0.05, 0.1) is 4.92 Å². The van der Waals surface area contributed by atoms with Gasteiger partial charge >= 0.3 is 0 Å². The molecule has 2 N–H and O–H groups in total.